The first-order valence-corrected chi connectivity index (χ1v) is 24.5. The number of aliphatic hydroxyl groups is 13. The second-order valence-corrected chi connectivity index (χ2v) is 23.1. The molecule has 3 heterocycles. The minimum atomic E-state index is -1.68. The molecule has 0 aromatic rings. The van der Waals surface area contributed by atoms with E-state index >= 15 is 0 Å². The number of hydrogen-bond acceptors (Lipinski definition) is 19. The summed E-state index contributed by atoms with van der Waals surface area (Å²) in [4.78, 5) is 0. The molecule has 6 fully saturated rings. The number of rotatable bonds is 14. The molecular weight excluding hydrogens is 881 g/mol. The third-order valence-corrected chi connectivity index (χ3v) is 18.7. The molecule has 3 aliphatic heterocycles. The van der Waals surface area contributed by atoms with Gasteiger partial charge in [0, 0.05) is 5.41 Å². The zero-order chi connectivity index (χ0) is 49.5. The van der Waals surface area contributed by atoms with Crippen molar-refractivity contribution in [2.45, 2.75) is 223 Å². The van der Waals surface area contributed by atoms with Crippen molar-refractivity contribution in [2.24, 2.45) is 45.3 Å². The largest absolute Gasteiger partial charge is 0.394 e. The molecule has 13 N–H and O–H groups in total. The van der Waals surface area contributed by atoms with E-state index in [-0.39, 0.29) is 34.0 Å². The van der Waals surface area contributed by atoms with Crippen LogP contribution in [0.25, 0.3) is 0 Å². The van der Waals surface area contributed by atoms with E-state index in [0.717, 1.165) is 38.5 Å². The predicted molar refractivity (Wildman–Crippen MR) is 235 cm³/mol. The van der Waals surface area contributed by atoms with Crippen LogP contribution in [0.3, 0.4) is 0 Å². The van der Waals surface area contributed by atoms with Gasteiger partial charge in [-0.05, 0) is 105 Å². The highest BCUT2D eigenvalue weighted by Gasteiger charge is 2.68. The fraction of sp³-hybridized carbons (Fsp3) is 0.958. The zero-order valence-corrected chi connectivity index (χ0v) is 40.3. The molecule has 0 radical (unpaired) electrons. The van der Waals surface area contributed by atoms with Crippen molar-refractivity contribution in [1.82, 2.24) is 0 Å². The topological polar surface area (TPSA) is 318 Å². The Morgan fingerprint density at radius 2 is 1.19 bits per heavy atom. The SMILES string of the molecule is C[C@H](C[C@@H](O)[C@H](O)C(C)(C)O[C@@H]1O[C@H](CO)[C@@H](O)[C@H](O)[C@H]1O)[C@H]1CC[C@@]2(C)[C@@H]3CC=C4[C@@H](CC[C@H](O[C@@H]5O[C@H](CO[C@@H]6O[C@H](CO)[C@@H](O)[C@H](O)[C@H]6O)[C@@H](O)C(O)[C@H]5O)C4(C)C)[C@]3(C)CC[C@]12C. The Hall–Kier alpha value is -1.02. The molecule has 0 spiro atoms. The Balaban J connectivity index is 0.996. The van der Waals surface area contributed by atoms with Gasteiger partial charge in [0.2, 0.25) is 0 Å². The van der Waals surface area contributed by atoms with Crippen LogP contribution in [0.5, 0.6) is 0 Å². The monoisotopic (exact) mass is 963 g/mol. The minimum absolute atomic E-state index is 0.0287. The van der Waals surface area contributed by atoms with Crippen LogP contribution in [0.4, 0.5) is 0 Å². The third-order valence-electron chi connectivity index (χ3n) is 18.7. The average molecular weight is 963 g/mol. The van der Waals surface area contributed by atoms with E-state index < -0.39 is 141 Å². The van der Waals surface area contributed by atoms with Crippen LogP contribution in [-0.2, 0) is 28.4 Å². The molecule has 19 heteroatoms. The highest BCUT2D eigenvalue weighted by molar-refractivity contribution is 5.30. The lowest BCUT2D eigenvalue weighted by atomic mass is 9.39. The normalized spacial score (nSPS) is 50.3. The van der Waals surface area contributed by atoms with Gasteiger partial charge in [0.05, 0.1) is 37.6 Å². The maximum Gasteiger partial charge on any atom is 0.187 e. The minimum Gasteiger partial charge on any atom is -0.394 e. The maximum absolute atomic E-state index is 11.5. The second kappa shape index (κ2) is 19.8. The van der Waals surface area contributed by atoms with Crippen LogP contribution in [0.1, 0.15) is 107 Å². The summed E-state index contributed by atoms with van der Waals surface area (Å²) in [5.41, 5.74) is -0.785. The standard InChI is InChI=1S/C48H82O19/c1-21(17-25(51)40(61)45(4,5)67-43-39(60)35(56)32(53)27(19-50)64-43)22-13-14-48(8)29-11-9-23-24(46(29,6)15-16-47(22,48)7)10-12-30(44(23,2)3)66-42-38(59)36(57)33(54)28(65-42)20-62-41-37(58)34(55)31(52)26(18-49)63-41/h9,21-22,24-43,49-61H,10-20H2,1-8H3/t21-,22-,24-,25-,26-,27-,28-,29-,30+,31-,32-,33-,34+,35+,36?,37-,38-,39-,40+,41-,42+,43+,46+,47-,48+/m1/s1. The van der Waals surface area contributed by atoms with Crippen LogP contribution in [0, 0.1) is 45.3 Å². The van der Waals surface area contributed by atoms with Gasteiger partial charge in [-0.15, -0.1) is 0 Å². The molecule has 1 unspecified atom stereocenters. The van der Waals surface area contributed by atoms with Gasteiger partial charge in [0.1, 0.15) is 79.4 Å². The van der Waals surface area contributed by atoms with E-state index in [1.54, 1.807) is 13.8 Å². The van der Waals surface area contributed by atoms with Gasteiger partial charge in [-0.25, -0.2) is 0 Å². The molecule has 67 heavy (non-hydrogen) atoms. The summed E-state index contributed by atoms with van der Waals surface area (Å²) in [7, 11) is 0. The summed E-state index contributed by atoms with van der Waals surface area (Å²) in [6, 6.07) is 0. The number of hydrogen-bond donors (Lipinski definition) is 13. The molecule has 0 aromatic heterocycles. The molecule has 19 nitrogen and oxygen atoms in total. The highest BCUT2D eigenvalue weighted by atomic mass is 16.7. The summed E-state index contributed by atoms with van der Waals surface area (Å²) >= 11 is 0. The van der Waals surface area contributed by atoms with Crippen molar-refractivity contribution in [3.05, 3.63) is 11.6 Å². The molecule has 0 aromatic carbocycles. The Morgan fingerprint density at radius 1 is 0.657 bits per heavy atom. The smallest absolute Gasteiger partial charge is 0.187 e. The predicted octanol–water partition coefficient (Wildman–Crippen LogP) is -1.06. The summed E-state index contributed by atoms with van der Waals surface area (Å²) in [6.45, 7) is 15.1. The lowest BCUT2D eigenvalue weighted by molar-refractivity contribution is -0.340. The van der Waals surface area contributed by atoms with E-state index in [1.165, 1.54) is 5.57 Å². The van der Waals surface area contributed by atoms with Crippen molar-refractivity contribution >= 4 is 0 Å². The quantitative estimate of drug-likeness (QED) is 0.0924. The van der Waals surface area contributed by atoms with Crippen molar-refractivity contribution in [3.63, 3.8) is 0 Å². The lowest BCUT2D eigenvalue weighted by Crippen LogP contribution is -2.63. The number of ether oxygens (including phenoxy) is 6. The Bertz CT molecular complexity index is 1710. The van der Waals surface area contributed by atoms with Crippen molar-refractivity contribution in [1.29, 1.82) is 0 Å². The summed E-state index contributed by atoms with van der Waals surface area (Å²) in [5.74, 6) is 0.905. The number of fused-ring (bicyclic) bond motifs is 5. The third kappa shape index (κ3) is 9.24. The van der Waals surface area contributed by atoms with Crippen LogP contribution in [-0.4, -0.2) is 202 Å². The van der Waals surface area contributed by atoms with Gasteiger partial charge in [-0.2, -0.15) is 0 Å². The molecule has 388 valence electrons. The van der Waals surface area contributed by atoms with Gasteiger partial charge in [-0.1, -0.05) is 53.2 Å². The molecule has 7 rings (SSSR count). The summed E-state index contributed by atoms with van der Waals surface area (Å²) in [6.07, 6.45) is -16.6. The van der Waals surface area contributed by atoms with Gasteiger partial charge in [-0.3, -0.25) is 0 Å². The van der Waals surface area contributed by atoms with Crippen LogP contribution in [0.15, 0.2) is 11.6 Å². The van der Waals surface area contributed by atoms with E-state index in [9.17, 15) is 66.4 Å². The Kier molecular flexibility index (Phi) is 15.9. The van der Waals surface area contributed by atoms with Crippen LogP contribution < -0.4 is 0 Å². The van der Waals surface area contributed by atoms with E-state index in [0.29, 0.717) is 18.8 Å². The molecule has 0 amide bonds. The maximum atomic E-state index is 11.5. The molecule has 3 saturated carbocycles. The fourth-order valence-electron chi connectivity index (χ4n) is 14.3. The van der Waals surface area contributed by atoms with Crippen molar-refractivity contribution in [3.8, 4) is 0 Å². The van der Waals surface area contributed by atoms with E-state index in [2.05, 4.69) is 47.6 Å². The summed E-state index contributed by atoms with van der Waals surface area (Å²) < 4.78 is 35.1. The first kappa shape index (κ1) is 53.8. The fourth-order valence-corrected chi connectivity index (χ4v) is 14.3. The first-order valence-electron chi connectivity index (χ1n) is 24.5. The summed E-state index contributed by atoms with van der Waals surface area (Å²) in [5, 5.41) is 137. The number of aliphatic hydroxyl groups excluding tert-OH is 13. The van der Waals surface area contributed by atoms with E-state index in [1.807, 2.05) is 0 Å². The average Bonchev–Trinajstić information content (AvgIpc) is 3.56. The molecular formula is C48H82O19. The highest BCUT2D eigenvalue weighted by Crippen LogP contribution is 2.75. The molecule has 7 aliphatic rings. The van der Waals surface area contributed by atoms with Crippen molar-refractivity contribution < 1.29 is 94.8 Å². The molecule has 0 bridgehead atoms. The Morgan fingerprint density at radius 3 is 1.79 bits per heavy atom. The van der Waals surface area contributed by atoms with E-state index in [4.69, 9.17) is 28.4 Å². The van der Waals surface area contributed by atoms with Gasteiger partial charge in [0.15, 0.2) is 18.9 Å². The van der Waals surface area contributed by atoms with Gasteiger partial charge in [0.25, 0.3) is 0 Å². The Labute approximate surface area is 393 Å². The van der Waals surface area contributed by atoms with Gasteiger partial charge >= 0.3 is 0 Å². The molecule has 4 aliphatic carbocycles. The first-order chi connectivity index (χ1) is 31.2. The van der Waals surface area contributed by atoms with Crippen LogP contribution in [0.2, 0.25) is 0 Å². The van der Waals surface area contributed by atoms with Crippen molar-refractivity contribution in [2.75, 3.05) is 19.8 Å². The zero-order valence-electron chi connectivity index (χ0n) is 40.3. The lowest BCUT2D eigenvalue weighted by Gasteiger charge is -2.66. The van der Waals surface area contributed by atoms with Gasteiger partial charge < -0.3 is 94.8 Å². The number of allylic oxidation sites excluding steroid dienone is 1. The molecule has 25 atom stereocenters. The van der Waals surface area contributed by atoms with Crippen LogP contribution >= 0.6 is 0 Å². The molecule has 3 saturated heterocycles. The second-order valence-electron chi connectivity index (χ2n) is 23.1.